The van der Waals surface area contributed by atoms with Crippen molar-refractivity contribution >= 4 is 11.8 Å². The van der Waals surface area contributed by atoms with Crippen molar-refractivity contribution in [3.8, 4) is 0 Å². The Morgan fingerprint density at radius 3 is 1.42 bits per heavy atom. The number of nitrogens with zero attached hydrogens (tertiary/aromatic N) is 2. The van der Waals surface area contributed by atoms with E-state index >= 15 is 0 Å². The summed E-state index contributed by atoms with van der Waals surface area (Å²) >= 11 is 0. The number of aryl methyl sites for hydroxylation is 2. The lowest BCUT2D eigenvalue weighted by Crippen LogP contribution is -2.59. The van der Waals surface area contributed by atoms with Gasteiger partial charge in [-0.15, -0.1) is 0 Å². The maximum Gasteiger partial charge on any atom is 0.254 e. The monoisotopic (exact) mass is 350 g/mol. The lowest BCUT2D eigenvalue weighted by molar-refractivity contribution is 0.0269. The molecule has 4 heteroatoms. The highest BCUT2D eigenvalue weighted by Crippen LogP contribution is 2.22. The summed E-state index contributed by atoms with van der Waals surface area (Å²) < 4.78 is 0. The van der Waals surface area contributed by atoms with Crippen molar-refractivity contribution in [1.82, 2.24) is 9.80 Å². The Kier molecular flexibility index (Phi) is 5.12. The highest BCUT2D eigenvalue weighted by molar-refractivity contribution is 5.97. The highest BCUT2D eigenvalue weighted by atomic mass is 16.2. The fourth-order valence-corrected chi connectivity index (χ4v) is 3.63. The van der Waals surface area contributed by atoms with E-state index in [9.17, 15) is 9.59 Å². The highest BCUT2D eigenvalue weighted by Gasteiger charge is 2.35. The van der Waals surface area contributed by atoms with E-state index < -0.39 is 0 Å². The first-order chi connectivity index (χ1) is 12.4. The SMILES string of the molecule is Cc1ccccc1C(=O)N1C[C@@H](C)N(C(=O)c2ccccc2C)C[C@H]1C. The third kappa shape index (κ3) is 3.36. The molecule has 2 atom stereocenters. The molecule has 0 radical (unpaired) electrons. The molecule has 0 aromatic heterocycles. The molecule has 0 aliphatic carbocycles. The summed E-state index contributed by atoms with van der Waals surface area (Å²) in [7, 11) is 0. The standard InChI is InChI=1S/C22H26N2O2/c1-15-9-5-7-11-19(15)21(25)23-13-18(4)24(14-17(23)3)22(26)20-12-8-6-10-16(20)2/h5-12,17-18H,13-14H2,1-4H3/t17-,18-/m1/s1. The average Bonchev–Trinajstić information content (AvgIpc) is 2.63. The molecule has 0 spiro atoms. The van der Waals surface area contributed by atoms with E-state index in [0.717, 1.165) is 22.3 Å². The summed E-state index contributed by atoms with van der Waals surface area (Å²) in [4.78, 5) is 29.8. The van der Waals surface area contributed by atoms with Crippen LogP contribution in [-0.4, -0.2) is 46.8 Å². The first-order valence-corrected chi connectivity index (χ1v) is 9.13. The Bertz CT molecular complexity index is 761. The molecule has 26 heavy (non-hydrogen) atoms. The molecule has 3 rings (SSSR count). The maximum atomic E-state index is 13.0. The Balaban J connectivity index is 1.79. The topological polar surface area (TPSA) is 40.6 Å². The second-order valence-corrected chi connectivity index (χ2v) is 7.24. The molecule has 1 fully saturated rings. The summed E-state index contributed by atoms with van der Waals surface area (Å²) in [6, 6.07) is 15.3. The third-order valence-corrected chi connectivity index (χ3v) is 5.26. The predicted octanol–water partition coefficient (Wildman–Crippen LogP) is 3.68. The quantitative estimate of drug-likeness (QED) is 0.829. The zero-order valence-corrected chi connectivity index (χ0v) is 15.9. The molecular formula is C22H26N2O2. The minimum atomic E-state index is -0.0220. The van der Waals surface area contributed by atoms with Crippen molar-refractivity contribution in [3.05, 3.63) is 70.8 Å². The Labute approximate surface area is 155 Å². The molecule has 4 nitrogen and oxygen atoms in total. The van der Waals surface area contributed by atoms with Crippen LogP contribution in [0.5, 0.6) is 0 Å². The lowest BCUT2D eigenvalue weighted by atomic mass is 10.0. The van der Waals surface area contributed by atoms with Gasteiger partial charge in [-0.05, 0) is 51.0 Å². The zero-order chi connectivity index (χ0) is 18.8. The lowest BCUT2D eigenvalue weighted by Gasteiger charge is -2.44. The van der Waals surface area contributed by atoms with Crippen LogP contribution in [0.2, 0.25) is 0 Å². The molecule has 2 amide bonds. The summed E-state index contributed by atoms with van der Waals surface area (Å²) in [5.41, 5.74) is 3.45. The van der Waals surface area contributed by atoms with Crippen molar-refractivity contribution in [1.29, 1.82) is 0 Å². The fraction of sp³-hybridized carbons (Fsp3) is 0.364. The van der Waals surface area contributed by atoms with Crippen molar-refractivity contribution in [2.45, 2.75) is 39.8 Å². The van der Waals surface area contributed by atoms with E-state index in [1.54, 1.807) is 0 Å². The van der Waals surface area contributed by atoms with E-state index in [1.807, 2.05) is 86.0 Å². The number of carbonyl (C=O) groups excluding carboxylic acids is 2. The van der Waals surface area contributed by atoms with Gasteiger partial charge >= 0.3 is 0 Å². The van der Waals surface area contributed by atoms with Gasteiger partial charge in [0.2, 0.25) is 0 Å². The van der Waals surface area contributed by atoms with Crippen LogP contribution in [0, 0.1) is 13.8 Å². The van der Waals surface area contributed by atoms with Gasteiger partial charge in [0.25, 0.3) is 11.8 Å². The van der Waals surface area contributed by atoms with Gasteiger partial charge in [0.1, 0.15) is 0 Å². The molecule has 0 bridgehead atoms. The molecule has 0 unspecified atom stereocenters. The number of rotatable bonds is 2. The van der Waals surface area contributed by atoms with E-state index in [1.165, 1.54) is 0 Å². The van der Waals surface area contributed by atoms with E-state index in [4.69, 9.17) is 0 Å². The van der Waals surface area contributed by atoms with Crippen LogP contribution in [0.15, 0.2) is 48.5 Å². The number of hydrogen-bond donors (Lipinski definition) is 0. The van der Waals surface area contributed by atoms with Gasteiger partial charge in [-0.25, -0.2) is 0 Å². The van der Waals surface area contributed by atoms with Crippen molar-refractivity contribution < 1.29 is 9.59 Å². The van der Waals surface area contributed by atoms with Crippen LogP contribution in [0.3, 0.4) is 0 Å². The van der Waals surface area contributed by atoms with E-state index in [2.05, 4.69) is 0 Å². The third-order valence-electron chi connectivity index (χ3n) is 5.26. The van der Waals surface area contributed by atoms with Crippen molar-refractivity contribution in [2.75, 3.05) is 13.1 Å². The molecule has 2 aromatic rings. The van der Waals surface area contributed by atoms with E-state index in [0.29, 0.717) is 13.1 Å². The molecule has 1 aliphatic heterocycles. The van der Waals surface area contributed by atoms with Gasteiger partial charge in [0.05, 0.1) is 0 Å². The van der Waals surface area contributed by atoms with E-state index in [-0.39, 0.29) is 23.9 Å². The largest absolute Gasteiger partial charge is 0.332 e. The molecule has 136 valence electrons. The first kappa shape index (κ1) is 18.2. The number of amides is 2. The van der Waals surface area contributed by atoms with Gasteiger partial charge < -0.3 is 9.80 Å². The minimum absolute atomic E-state index is 0.0220. The van der Waals surface area contributed by atoms with Crippen LogP contribution >= 0.6 is 0 Å². The molecule has 0 saturated carbocycles. The second kappa shape index (κ2) is 7.32. The minimum Gasteiger partial charge on any atom is -0.332 e. The maximum absolute atomic E-state index is 13.0. The Morgan fingerprint density at radius 1 is 0.731 bits per heavy atom. The molecule has 2 aromatic carbocycles. The molecule has 1 aliphatic rings. The molecule has 1 saturated heterocycles. The molecular weight excluding hydrogens is 324 g/mol. The fourth-order valence-electron chi connectivity index (χ4n) is 3.63. The number of hydrogen-bond acceptors (Lipinski definition) is 2. The number of piperazine rings is 1. The summed E-state index contributed by atoms with van der Waals surface area (Å²) in [5.74, 6) is 0.0934. The summed E-state index contributed by atoms with van der Waals surface area (Å²) in [5, 5.41) is 0. The number of benzene rings is 2. The zero-order valence-electron chi connectivity index (χ0n) is 15.9. The summed E-state index contributed by atoms with van der Waals surface area (Å²) in [6.45, 7) is 9.04. The van der Waals surface area contributed by atoms with Gasteiger partial charge in [-0.1, -0.05) is 36.4 Å². The second-order valence-electron chi connectivity index (χ2n) is 7.24. The van der Waals surface area contributed by atoms with Crippen LogP contribution < -0.4 is 0 Å². The Morgan fingerprint density at radius 2 is 1.08 bits per heavy atom. The average molecular weight is 350 g/mol. The van der Waals surface area contributed by atoms with Crippen molar-refractivity contribution in [2.24, 2.45) is 0 Å². The van der Waals surface area contributed by atoms with Crippen molar-refractivity contribution in [3.63, 3.8) is 0 Å². The molecule has 1 heterocycles. The van der Waals surface area contributed by atoms with Gasteiger partial charge in [-0.2, -0.15) is 0 Å². The predicted molar refractivity (Wildman–Crippen MR) is 103 cm³/mol. The van der Waals surface area contributed by atoms with Crippen LogP contribution in [0.1, 0.15) is 45.7 Å². The summed E-state index contributed by atoms with van der Waals surface area (Å²) in [6.07, 6.45) is 0. The van der Waals surface area contributed by atoms with Gasteiger partial charge in [-0.3, -0.25) is 9.59 Å². The number of carbonyl (C=O) groups is 2. The molecule has 0 N–H and O–H groups in total. The first-order valence-electron chi connectivity index (χ1n) is 9.13. The smallest absolute Gasteiger partial charge is 0.254 e. The van der Waals surface area contributed by atoms with Gasteiger partial charge in [0, 0.05) is 36.3 Å². The van der Waals surface area contributed by atoms with Crippen LogP contribution in [-0.2, 0) is 0 Å². The van der Waals surface area contributed by atoms with Gasteiger partial charge in [0.15, 0.2) is 0 Å². The normalized spacial score (nSPS) is 20.2. The van der Waals surface area contributed by atoms with Crippen LogP contribution in [0.4, 0.5) is 0 Å². The Hall–Kier alpha value is -2.62. The van der Waals surface area contributed by atoms with Crippen LogP contribution in [0.25, 0.3) is 0 Å².